The van der Waals surface area contributed by atoms with Crippen LogP contribution in [0.2, 0.25) is 0 Å². The predicted octanol–water partition coefficient (Wildman–Crippen LogP) is 15.5. The monoisotopic (exact) mass is 713 g/mol. The molecule has 10 aromatic carbocycles. The van der Waals surface area contributed by atoms with Gasteiger partial charge in [0.05, 0.1) is 0 Å². The summed E-state index contributed by atoms with van der Waals surface area (Å²) in [5.74, 6) is 0. The van der Waals surface area contributed by atoms with Gasteiger partial charge in [0.25, 0.3) is 0 Å². The molecule has 262 valence electrons. The van der Waals surface area contributed by atoms with Gasteiger partial charge in [-0.3, -0.25) is 0 Å². The smallest absolute Gasteiger partial charge is 0.143 e. The van der Waals surface area contributed by atoms with Crippen molar-refractivity contribution in [2.45, 2.75) is 0 Å². The van der Waals surface area contributed by atoms with Gasteiger partial charge < -0.3 is 9.32 Å². The van der Waals surface area contributed by atoms with Gasteiger partial charge in [-0.05, 0) is 109 Å². The van der Waals surface area contributed by atoms with Crippen LogP contribution in [0.25, 0.3) is 87.6 Å². The zero-order valence-corrected chi connectivity index (χ0v) is 30.6. The van der Waals surface area contributed by atoms with Crippen molar-refractivity contribution >= 4 is 71.3 Å². The molecule has 2 nitrogen and oxygen atoms in total. The van der Waals surface area contributed by atoms with Crippen molar-refractivity contribution in [2.75, 3.05) is 4.90 Å². The van der Waals surface area contributed by atoms with Crippen LogP contribution in [0.3, 0.4) is 0 Å². The molecule has 0 aliphatic rings. The highest BCUT2D eigenvalue weighted by atomic mass is 16.3. The van der Waals surface area contributed by atoms with E-state index < -0.39 is 0 Å². The normalized spacial score (nSPS) is 11.6. The van der Waals surface area contributed by atoms with E-state index in [1.54, 1.807) is 0 Å². The third kappa shape index (κ3) is 5.34. The number of nitrogens with zero attached hydrogens (tertiary/aromatic N) is 1. The molecule has 2 heteroatoms. The molecule has 0 spiro atoms. The topological polar surface area (TPSA) is 16.4 Å². The van der Waals surface area contributed by atoms with E-state index in [0.717, 1.165) is 50.1 Å². The molecular weight excluding hydrogens is 679 g/mol. The standard InChI is InChI=1S/C54H35NO/c1-2-12-36(13-3-1)40-15-10-16-43(34-40)55(41-29-24-38(25-30-41)45-21-11-22-50-49-20-8-9-23-53(49)56-54(45)50)42-31-26-39(27-32-42)51-35-52-44-17-5-4-14-37(44)28-33-48(52)46-18-6-7-19-47(46)51/h1-35H. The van der Waals surface area contributed by atoms with E-state index in [9.17, 15) is 0 Å². The second kappa shape index (κ2) is 13.2. The molecule has 0 amide bonds. The van der Waals surface area contributed by atoms with E-state index in [1.165, 1.54) is 54.6 Å². The number of hydrogen-bond acceptors (Lipinski definition) is 2. The van der Waals surface area contributed by atoms with Crippen LogP contribution in [0.1, 0.15) is 0 Å². The minimum absolute atomic E-state index is 0.907. The van der Waals surface area contributed by atoms with Gasteiger partial charge in [-0.15, -0.1) is 0 Å². The zero-order chi connectivity index (χ0) is 37.0. The molecule has 0 atom stereocenters. The van der Waals surface area contributed by atoms with E-state index in [4.69, 9.17) is 4.42 Å². The van der Waals surface area contributed by atoms with E-state index in [-0.39, 0.29) is 0 Å². The van der Waals surface area contributed by atoms with Gasteiger partial charge in [0.15, 0.2) is 0 Å². The molecule has 1 aromatic heterocycles. The van der Waals surface area contributed by atoms with Crippen LogP contribution < -0.4 is 4.90 Å². The summed E-state index contributed by atoms with van der Waals surface area (Å²) in [6.07, 6.45) is 0. The number of rotatable bonds is 6. The van der Waals surface area contributed by atoms with Crippen LogP contribution >= 0.6 is 0 Å². The van der Waals surface area contributed by atoms with Gasteiger partial charge in [0, 0.05) is 33.4 Å². The third-order valence-electron chi connectivity index (χ3n) is 11.3. The molecule has 56 heavy (non-hydrogen) atoms. The molecule has 0 saturated heterocycles. The van der Waals surface area contributed by atoms with Crippen LogP contribution in [0.15, 0.2) is 217 Å². The molecule has 0 fully saturated rings. The minimum Gasteiger partial charge on any atom is -0.455 e. The van der Waals surface area contributed by atoms with Crippen molar-refractivity contribution in [1.29, 1.82) is 0 Å². The Kier molecular flexibility index (Phi) is 7.53. The SMILES string of the molecule is c1ccc(-c2cccc(N(c3ccc(-c4cc5c6ccccc6ccc5c5ccccc45)cc3)c3ccc(-c4cccc5c4oc4ccccc45)cc3)c2)cc1. The fourth-order valence-corrected chi connectivity index (χ4v) is 8.56. The first-order valence-electron chi connectivity index (χ1n) is 19.2. The number of hydrogen-bond donors (Lipinski definition) is 0. The zero-order valence-electron chi connectivity index (χ0n) is 30.6. The summed E-state index contributed by atoms with van der Waals surface area (Å²) in [5, 5.41) is 9.89. The highest BCUT2D eigenvalue weighted by molar-refractivity contribution is 6.21. The maximum Gasteiger partial charge on any atom is 0.143 e. The quantitative estimate of drug-likeness (QED) is 0.160. The van der Waals surface area contributed by atoms with Crippen LogP contribution in [-0.2, 0) is 0 Å². The molecule has 1 heterocycles. The van der Waals surface area contributed by atoms with E-state index in [0.29, 0.717) is 0 Å². The maximum atomic E-state index is 6.42. The highest BCUT2D eigenvalue weighted by Gasteiger charge is 2.17. The van der Waals surface area contributed by atoms with Gasteiger partial charge in [-0.1, -0.05) is 164 Å². The van der Waals surface area contributed by atoms with Crippen molar-refractivity contribution in [3.8, 4) is 33.4 Å². The van der Waals surface area contributed by atoms with Crippen molar-refractivity contribution in [3.63, 3.8) is 0 Å². The molecule has 0 saturated carbocycles. The first-order valence-corrected chi connectivity index (χ1v) is 19.2. The van der Waals surface area contributed by atoms with Crippen molar-refractivity contribution in [2.24, 2.45) is 0 Å². The average Bonchev–Trinajstić information content (AvgIpc) is 3.66. The fourth-order valence-electron chi connectivity index (χ4n) is 8.56. The molecule has 0 aliphatic heterocycles. The molecule has 0 aliphatic carbocycles. The predicted molar refractivity (Wildman–Crippen MR) is 237 cm³/mol. The Balaban J connectivity index is 1.04. The Morgan fingerprint density at radius 1 is 0.286 bits per heavy atom. The van der Waals surface area contributed by atoms with Crippen LogP contribution in [0, 0.1) is 0 Å². The second-order valence-electron chi connectivity index (χ2n) is 14.5. The summed E-state index contributed by atoms with van der Waals surface area (Å²) >= 11 is 0. The molecule has 0 unspecified atom stereocenters. The van der Waals surface area contributed by atoms with Gasteiger partial charge in [-0.2, -0.15) is 0 Å². The second-order valence-corrected chi connectivity index (χ2v) is 14.5. The van der Waals surface area contributed by atoms with Crippen LogP contribution in [0.5, 0.6) is 0 Å². The summed E-state index contributed by atoms with van der Waals surface area (Å²) in [4.78, 5) is 2.35. The van der Waals surface area contributed by atoms with E-state index in [1.807, 2.05) is 12.1 Å². The Hall–Kier alpha value is -7.42. The van der Waals surface area contributed by atoms with Gasteiger partial charge in [-0.25, -0.2) is 0 Å². The molecule has 11 rings (SSSR count). The largest absolute Gasteiger partial charge is 0.455 e. The number of para-hydroxylation sites is 2. The first kappa shape index (κ1) is 32.0. The minimum atomic E-state index is 0.907. The maximum absolute atomic E-state index is 6.42. The first-order chi connectivity index (χ1) is 27.8. The molecule has 0 bridgehead atoms. The van der Waals surface area contributed by atoms with Gasteiger partial charge >= 0.3 is 0 Å². The summed E-state index contributed by atoms with van der Waals surface area (Å²) in [5.41, 5.74) is 12.1. The average molecular weight is 714 g/mol. The number of benzene rings is 10. The molecular formula is C54H35NO. The van der Waals surface area contributed by atoms with Crippen molar-refractivity contribution < 1.29 is 4.42 Å². The van der Waals surface area contributed by atoms with Crippen molar-refractivity contribution in [1.82, 2.24) is 0 Å². The summed E-state index contributed by atoms with van der Waals surface area (Å²) < 4.78 is 6.42. The Bertz CT molecular complexity index is 3230. The lowest BCUT2D eigenvalue weighted by Gasteiger charge is -2.26. The van der Waals surface area contributed by atoms with E-state index >= 15 is 0 Å². The van der Waals surface area contributed by atoms with Crippen LogP contribution in [0.4, 0.5) is 17.1 Å². The highest BCUT2D eigenvalue weighted by Crippen LogP contribution is 2.42. The molecule has 0 N–H and O–H groups in total. The summed E-state index contributed by atoms with van der Waals surface area (Å²) in [7, 11) is 0. The summed E-state index contributed by atoms with van der Waals surface area (Å²) in [6.45, 7) is 0. The van der Waals surface area contributed by atoms with Crippen molar-refractivity contribution in [3.05, 3.63) is 212 Å². The lowest BCUT2D eigenvalue weighted by Crippen LogP contribution is -2.10. The molecule has 11 aromatic rings. The molecule has 0 radical (unpaired) electrons. The third-order valence-corrected chi connectivity index (χ3v) is 11.3. The van der Waals surface area contributed by atoms with E-state index in [2.05, 4.69) is 205 Å². The van der Waals surface area contributed by atoms with Gasteiger partial charge in [0.1, 0.15) is 11.2 Å². The number of furan rings is 1. The van der Waals surface area contributed by atoms with Crippen LogP contribution in [-0.4, -0.2) is 0 Å². The lowest BCUT2D eigenvalue weighted by molar-refractivity contribution is 0.670. The number of anilines is 3. The lowest BCUT2D eigenvalue weighted by atomic mass is 9.91. The summed E-state index contributed by atoms with van der Waals surface area (Å²) in [6, 6.07) is 76.4. The Labute approximate surface area is 325 Å². The fraction of sp³-hybridized carbons (Fsp3) is 0. The Morgan fingerprint density at radius 3 is 1.66 bits per heavy atom. The van der Waals surface area contributed by atoms with Gasteiger partial charge in [0.2, 0.25) is 0 Å². The Morgan fingerprint density at radius 2 is 0.875 bits per heavy atom. The number of fused-ring (bicyclic) bond motifs is 8.